The first-order valence-corrected chi connectivity index (χ1v) is 4.45. The molecular weight excluding hydrogens is 132 g/mol. The van der Waals surface area contributed by atoms with Crippen LogP contribution in [0.1, 0.15) is 33.1 Å². The maximum absolute atomic E-state index is 4.11. The van der Waals surface area contributed by atoms with Crippen LogP contribution in [0.25, 0.3) is 0 Å². The SMILES string of the molecule is C=C1CCC(C(C)C)C(=C)C1. The summed E-state index contributed by atoms with van der Waals surface area (Å²) < 4.78 is 0. The van der Waals surface area contributed by atoms with E-state index >= 15 is 0 Å². The van der Waals surface area contributed by atoms with Gasteiger partial charge in [-0.2, -0.15) is 0 Å². The van der Waals surface area contributed by atoms with Gasteiger partial charge in [0, 0.05) is 0 Å². The molecule has 0 bridgehead atoms. The molecule has 0 aliphatic heterocycles. The molecule has 0 nitrogen and oxygen atoms in total. The maximum Gasteiger partial charge on any atom is -0.0111 e. The zero-order chi connectivity index (χ0) is 8.43. The molecule has 0 spiro atoms. The van der Waals surface area contributed by atoms with Crippen LogP contribution in [0.4, 0.5) is 0 Å². The van der Waals surface area contributed by atoms with Crippen LogP contribution in [0.15, 0.2) is 24.3 Å². The van der Waals surface area contributed by atoms with E-state index in [-0.39, 0.29) is 0 Å². The first-order chi connectivity index (χ1) is 5.11. The Bertz CT molecular complexity index is 174. The number of hydrogen-bond acceptors (Lipinski definition) is 0. The van der Waals surface area contributed by atoms with Gasteiger partial charge in [-0.05, 0) is 31.1 Å². The van der Waals surface area contributed by atoms with Gasteiger partial charge in [0.1, 0.15) is 0 Å². The van der Waals surface area contributed by atoms with Crippen molar-refractivity contribution in [2.45, 2.75) is 33.1 Å². The first kappa shape index (κ1) is 8.58. The van der Waals surface area contributed by atoms with Crippen molar-refractivity contribution in [3.63, 3.8) is 0 Å². The molecule has 1 saturated carbocycles. The second-order valence-electron chi connectivity index (χ2n) is 3.97. The van der Waals surface area contributed by atoms with Crippen molar-refractivity contribution in [2.75, 3.05) is 0 Å². The normalized spacial score (nSPS) is 26.3. The van der Waals surface area contributed by atoms with Crippen LogP contribution in [-0.4, -0.2) is 0 Å². The lowest BCUT2D eigenvalue weighted by Gasteiger charge is -2.28. The van der Waals surface area contributed by atoms with Gasteiger partial charge in [0.25, 0.3) is 0 Å². The molecule has 1 aliphatic carbocycles. The molecular formula is C11H18. The van der Waals surface area contributed by atoms with Crippen LogP contribution in [0, 0.1) is 11.8 Å². The van der Waals surface area contributed by atoms with E-state index in [1.807, 2.05) is 0 Å². The molecule has 0 N–H and O–H groups in total. The number of hydrogen-bond donors (Lipinski definition) is 0. The topological polar surface area (TPSA) is 0 Å². The molecule has 0 aromatic rings. The van der Waals surface area contributed by atoms with Crippen LogP contribution in [0.3, 0.4) is 0 Å². The molecule has 1 rings (SSSR count). The summed E-state index contributed by atoms with van der Waals surface area (Å²) in [7, 11) is 0. The predicted molar refractivity (Wildman–Crippen MR) is 50.5 cm³/mol. The van der Waals surface area contributed by atoms with Gasteiger partial charge in [-0.3, -0.25) is 0 Å². The van der Waals surface area contributed by atoms with Crippen LogP contribution < -0.4 is 0 Å². The highest BCUT2D eigenvalue weighted by atomic mass is 14.3. The zero-order valence-corrected chi connectivity index (χ0v) is 7.69. The summed E-state index contributed by atoms with van der Waals surface area (Å²) in [6, 6.07) is 0. The van der Waals surface area contributed by atoms with E-state index < -0.39 is 0 Å². The summed E-state index contributed by atoms with van der Waals surface area (Å²) >= 11 is 0. The predicted octanol–water partition coefficient (Wildman–Crippen LogP) is 3.55. The van der Waals surface area contributed by atoms with Crippen molar-refractivity contribution in [3.05, 3.63) is 24.3 Å². The van der Waals surface area contributed by atoms with E-state index in [0.29, 0.717) is 0 Å². The maximum atomic E-state index is 4.11. The molecule has 1 atom stereocenters. The lowest BCUT2D eigenvalue weighted by atomic mass is 9.77. The summed E-state index contributed by atoms with van der Waals surface area (Å²) in [6.07, 6.45) is 3.56. The Labute approximate surface area is 70.0 Å². The molecule has 1 fully saturated rings. The summed E-state index contributed by atoms with van der Waals surface area (Å²) in [5, 5.41) is 0. The van der Waals surface area contributed by atoms with E-state index in [2.05, 4.69) is 27.0 Å². The van der Waals surface area contributed by atoms with Crippen molar-refractivity contribution in [1.29, 1.82) is 0 Å². The van der Waals surface area contributed by atoms with E-state index in [1.165, 1.54) is 24.0 Å². The average molecular weight is 150 g/mol. The highest BCUT2D eigenvalue weighted by molar-refractivity contribution is 5.17. The quantitative estimate of drug-likeness (QED) is 0.501. The lowest BCUT2D eigenvalue weighted by Crippen LogP contribution is -2.16. The van der Waals surface area contributed by atoms with Gasteiger partial charge < -0.3 is 0 Å². The third-order valence-corrected chi connectivity index (χ3v) is 2.62. The Morgan fingerprint density at radius 2 is 2.00 bits per heavy atom. The molecule has 0 heteroatoms. The van der Waals surface area contributed by atoms with Gasteiger partial charge >= 0.3 is 0 Å². The standard InChI is InChI=1S/C11H18/c1-8(2)11-6-5-9(3)7-10(11)4/h8,11H,3-7H2,1-2H3. The number of rotatable bonds is 1. The molecule has 0 aromatic carbocycles. The molecule has 0 aromatic heterocycles. The summed E-state index contributed by atoms with van der Waals surface area (Å²) in [5.74, 6) is 1.51. The highest BCUT2D eigenvalue weighted by Gasteiger charge is 2.21. The van der Waals surface area contributed by atoms with Crippen molar-refractivity contribution in [3.8, 4) is 0 Å². The van der Waals surface area contributed by atoms with Crippen molar-refractivity contribution >= 4 is 0 Å². The van der Waals surface area contributed by atoms with Crippen molar-refractivity contribution < 1.29 is 0 Å². The van der Waals surface area contributed by atoms with Crippen LogP contribution in [0.2, 0.25) is 0 Å². The lowest BCUT2D eigenvalue weighted by molar-refractivity contribution is 0.389. The Kier molecular flexibility index (Phi) is 2.53. The first-order valence-electron chi connectivity index (χ1n) is 4.45. The summed E-state index contributed by atoms with van der Waals surface area (Å²) in [6.45, 7) is 12.7. The van der Waals surface area contributed by atoms with E-state index in [4.69, 9.17) is 0 Å². The Hall–Kier alpha value is -0.520. The van der Waals surface area contributed by atoms with E-state index in [0.717, 1.165) is 18.3 Å². The number of allylic oxidation sites excluding steroid dienone is 2. The van der Waals surface area contributed by atoms with Gasteiger partial charge in [0.15, 0.2) is 0 Å². The zero-order valence-electron chi connectivity index (χ0n) is 7.69. The fraction of sp³-hybridized carbons (Fsp3) is 0.636. The summed E-state index contributed by atoms with van der Waals surface area (Å²) in [5.41, 5.74) is 2.77. The average Bonchev–Trinajstić information content (AvgIpc) is 1.85. The van der Waals surface area contributed by atoms with Gasteiger partial charge in [-0.15, -0.1) is 0 Å². The minimum absolute atomic E-state index is 0.750. The second kappa shape index (κ2) is 3.25. The highest BCUT2D eigenvalue weighted by Crippen LogP contribution is 2.35. The van der Waals surface area contributed by atoms with Gasteiger partial charge in [-0.25, -0.2) is 0 Å². The van der Waals surface area contributed by atoms with Crippen LogP contribution >= 0.6 is 0 Å². The molecule has 0 amide bonds. The minimum atomic E-state index is 0.750. The second-order valence-corrected chi connectivity index (χ2v) is 3.97. The van der Waals surface area contributed by atoms with Crippen molar-refractivity contribution in [1.82, 2.24) is 0 Å². The fourth-order valence-corrected chi connectivity index (χ4v) is 1.91. The molecule has 11 heavy (non-hydrogen) atoms. The molecule has 0 radical (unpaired) electrons. The van der Waals surface area contributed by atoms with Gasteiger partial charge in [0.05, 0.1) is 0 Å². The third-order valence-electron chi connectivity index (χ3n) is 2.62. The smallest absolute Gasteiger partial charge is 0.0111 e. The monoisotopic (exact) mass is 150 g/mol. The fourth-order valence-electron chi connectivity index (χ4n) is 1.91. The van der Waals surface area contributed by atoms with E-state index in [1.54, 1.807) is 0 Å². The molecule has 0 heterocycles. The molecule has 62 valence electrons. The largest absolute Gasteiger partial charge is 0.0995 e. The van der Waals surface area contributed by atoms with Crippen molar-refractivity contribution in [2.24, 2.45) is 11.8 Å². The minimum Gasteiger partial charge on any atom is -0.0995 e. The molecule has 0 saturated heterocycles. The molecule has 1 unspecified atom stereocenters. The van der Waals surface area contributed by atoms with Gasteiger partial charge in [-0.1, -0.05) is 38.2 Å². The summed E-state index contributed by atoms with van der Waals surface area (Å²) in [4.78, 5) is 0. The van der Waals surface area contributed by atoms with Crippen LogP contribution in [0.5, 0.6) is 0 Å². The Balaban J connectivity index is 2.57. The molecule has 1 aliphatic rings. The van der Waals surface area contributed by atoms with Crippen LogP contribution in [-0.2, 0) is 0 Å². The third kappa shape index (κ3) is 1.95. The van der Waals surface area contributed by atoms with Gasteiger partial charge in [0.2, 0.25) is 0 Å². The Morgan fingerprint density at radius 3 is 2.45 bits per heavy atom. The Morgan fingerprint density at radius 1 is 1.36 bits per heavy atom. The van der Waals surface area contributed by atoms with E-state index in [9.17, 15) is 0 Å².